The molecule has 1 saturated heterocycles. The molecular weight excluding hydrogens is 404 g/mol. The van der Waals surface area contributed by atoms with E-state index in [-0.39, 0.29) is 24.1 Å². The summed E-state index contributed by atoms with van der Waals surface area (Å²) in [6.45, 7) is 2.59. The van der Waals surface area contributed by atoms with E-state index >= 15 is 0 Å². The van der Waals surface area contributed by atoms with Crippen molar-refractivity contribution in [3.8, 4) is 0 Å². The zero-order valence-corrected chi connectivity index (χ0v) is 18.1. The number of anilines is 1. The van der Waals surface area contributed by atoms with Crippen molar-refractivity contribution in [1.29, 1.82) is 0 Å². The Hall–Kier alpha value is -3.19. The van der Waals surface area contributed by atoms with Crippen LogP contribution in [-0.2, 0) is 35.5 Å². The molecule has 0 aliphatic carbocycles. The van der Waals surface area contributed by atoms with Gasteiger partial charge in [-0.2, -0.15) is 0 Å². The fraction of sp³-hybridized carbons (Fsp3) is 0.400. The van der Waals surface area contributed by atoms with Crippen LogP contribution in [0.1, 0.15) is 51.9 Å². The molecule has 3 aliphatic rings. The molecule has 166 valence electrons. The van der Waals surface area contributed by atoms with Gasteiger partial charge in [0.15, 0.2) is 0 Å². The Morgan fingerprint density at radius 2 is 1.78 bits per heavy atom. The van der Waals surface area contributed by atoms with Crippen molar-refractivity contribution in [3.63, 3.8) is 0 Å². The van der Waals surface area contributed by atoms with Crippen molar-refractivity contribution in [2.24, 2.45) is 5.73 Å². The summed E-state index contributed by atoms with van der Waals surface area (Å²) >= 11 is 0. The molecule has 7 nitrogen and oxygen atoms in total. The molecule has 1 fully saturated rings. The summed E-state index contributed by atoms with van der Waals surface area (Å²) in [6.07, 6.45) is 3.60. The van der Waals surface area contributed by atoms with Gasteiger partial charge < -0.3 is 15.5 Å². The van der Waals surface area contributed by atoms with Gasteiger partial charge in [0.1, 0.15) is 6.04 Å². The number of carbonyl (C=O) groups excluding carboxylic acids is 3. The second kappa shape index (κ2) is 8.39. The second-order valence-electron chi connectivity index (χ2n) is 8.84. The summed E-state index contributed by atoms with van der Waals surface area (Å²) in [5.41, 5.74) is 12.4. The van der Waals surface area contributed by atoms with Crippen LogP contribution in [0.25, 0.3) is 0 Å². The van der Waals surface area contributed by atoms with Crippen LogP contribution in [0.15, 0.2) is 36.4 Å². The van der Waals surface area contributed by atoms with E-state index in [1.165, 1.54) is 16.8 Å². The molecule has 7 heteroatoms. The largest absolute Gasteiger partial charge is 0.367 e. The number of piperidine rings is 1. The van der Waals surface area contributed by atoms with Crippen LogP contribution in [0.4, 0.5) is 5.69 Å². The highest BCUT2D eigenvalue weighted by atomic mass is 16.2. The molecule has 0 bridgehead atoms. The summed E-state index contributed by atoms with van der Waals surface area (Å²) in [6, 6.07) is 11.8. The molecule has 3 heterocycles. The smallest absolute Gasteiger partial charge is 0.255 e. The molecule has 0 aromatic heterocycles. The Morgan fingerprint density at radius 3 is 2.56 bits per heavy atom. The van der Waals surface area contributed by atoms with Gasteiger partial charge in [0.2, 0.25) is 11.8 Å². The molecule has 1 atom stereocenters. The quantitative estimate of drug-likeness (QED) is 0.704. The van der Waals surface area contributed by atoms with Gasteiger partial charge in [-0.15, -0.1) is 0 Å². The van der Waals surface area contributed by atoms with E-state index in [1.807, 2.05) is 18.2 Å². The molecule has 3 N–H and O–H groups in total. The zero-order valence-electron chi connectivity index (χ0n) is 18.1. The van der Waals surface area contributed by atoms with Gasteiger partial charge in [0, 0.05) is 37.3 Å². The number of nitrogens with one attached hydrogen (secondary N) is 1. The third kappa shape index (κ3) is 3.56. The standard InChI is InChI=1S/C25H28N4O3/c26-12-11-17-5-1-4-16-8-3-13-28(23(16)17)14-18-6-2-7-19-15-29(25(32)22(18)19)20-9-10-21(30)27-24(20)31/h1-2,4-7,20H,3,8-15,26H2,(H,27,30,31). The maximum absolute atomic E-state index is 13.4. The Labute approximate surface area is 187 Å². The summed E-state index contributed by atoms with van der Waals surface area (Å²) in [5, 5.41) is 2.37. The van der Waals surface area contributed by atoms with Crippen LogP contribution in [0, 0.1) is 0 Å². The minimum Gasteiger partial charge on any atom is -0.367 e. The highest BCUT2D eigenvalue weighted by Gasteiger charge is 2.40. The molecule has 5 rings (SSSR count). The maximum atomic E-state index is 13.4. The van der Waals surface area contributed by atoms with Crippen molar-refractivity contribution in [2.75, 3.05) is 18.0 Å². The van der Waals surface area contributed by atoms with Crippen LogP contribution in [0.2, 0.25) is 0 Å². The van der Waals surface area contributed by atoms with E-state index in [0.717, 1.165) is 36.9 Å². The summed E-state index contributed by atoms with van der Waals surface area (Å²) < 4.78 is 0. The number of para-hydroxylation sites is 1. The third-order valence-corrected chi connectivity index (χ3v) is 6.81. The number of imide groups is 1. The van der Waals surface area contributed by atoms with E-state index in [9.17, 15) is 14.4 Å². The molecule has 3 aliphatic heterocycles. The summed E-state index contributed by atoms with van der Waals surface area (Å²) in [5.74, 6) is -0.758. The van der Waals surface area contributed by atoms with Crippen LogP contribution in [0.5, 0.6) is 0 Å². The minimum absolute atomic E-state index is 0.113. The Bertz CT molecular complexity index is 1100. The lowest BCUT2D eigenvalue weighted by atomic mass is 9.94. The van der Waals surface area contributed by atoms with Gasteiger partial charge in [0.05, 0.1) is 0 Å². The lowest BCUT2D eigenvalue weighted by Crippen LogP contribution is -2.52. The first kappa shape index (κ1) is 20.7. The first-order valence-electron chi connectivity index (χ1n) is 11.4. The lowest BCUT2D eigenvalue weighted by Gasteiger charge is -2.34. The Balaban J connectivity index is 1.44. The molecule has 0 saturated carbocycles. The molecule has 0 spiro atoms. The van der Waals surface area contributed by atoms with Crippen LogP contribution in [0.3, 0.4) is 0 Å². The molecule has 2 aromatic rings. The second-order valence-corrected chi connectivity index (χ2v) is 8.84. The number of amides is 3. The average molecular weight is 433 g/mol. The average Bonchev–Trinajstić information content (AvgIpc) is 3.11. The summed E-state index contributed by atoms with van der Waals surface area (Å²) in [7, 11) is 0. The van der Waals surface area contributed by atoms with Crippen LogP contribution >= 0.6 is 0 Å². The van der Waals surface area contributed by atoms with E-state index in [0.29, 0.717) is 31.6 Å². The van der Waals surface area contributed by atoms with E-state index in [4.69, 9.17) is 5.73 Å². The highest BCUT2D eigenvalue weighted by Crippen LogP contribution is 2.35. The number of rotatable bonds is 5. The number of hydrogen-bond donors (Lipinski definition) is 2. The van der Waals surface area contributed by atoms with E-state index < -0.39 is 6.04 Å². The predicted molar refractivity (Wildman–Crippen MR) is 121 cm³/mol. The molecular formula is C25H28N4O3. The molecule has 1 unspecified atom stereocenters. The van der Waals surface area contributed by atoms with Gasteiger partial charge in [-0.1, -0.05) is 36.4 Å². The van der Waals surface area contributed by atoms with Crippen LogP contribution in [-0.4, -0.2) is 41.8 Å². The number of nitrogens with zero attached hydrogens (tertiary/aromatic N) is 2. The first-order chi connectivity index (χ1) is 15.6. The molecule has 3 amide bonds. The van der Waals surface area contributed by atoms with Crippen molar-refractivity contribution in [3.05, 3.63) is 64.2 Å². The predicted octanol–water partition coefficient (Wildman–Crippen LogP) is 1.90. The SMILES string of the molecule is NCCc1cccc2c1N(Cc1cccc3c1C(=O)N(C1CCC(=O)NC1=O)C3)CCC2. The van der Waals surface area contributed by atoms with Crippen molar-refractivity contribution < 1.29 is 14.4 Å². The fourth-order valence-corrected chi connectivity index (χ4v) is 5.37. The van der Waals surface area contributed by atoms with Gasteiger partial charge in [0.25, 0.3) is 5.91 Å². The third-order valence-electron chi connectivity index (χ3n) is 6.81. The topological polar surface area (TPSA) is 95.7 Å². The number of fused-ring (bicyclic) bond motifs is 2. The molecule has 0 radical (unpaired) electrons. The number of carbonyl (C=O) groups is 3. The van der Waals surface area contributed by atoms with Crippen molar-refractivity contribution in [2.45, 2.75) is 51.2 Å². The van der Waals surface area contributed by atoms with Gasteiger partial charge >= 0.3 is 0 Å². The van der Waals surface area contributed by atoms with Crippen molar-refractivity contribution in [1.82, 2.24) is 10.2 Å². The lowest BCUT2D eigenvalue weighted by molar-refractivity contribution is -0.136. The zero-order chi connectivity index (χ0) is 22.2. The Kier molecular flexibility index (Phi) is 5.43. The van der Waals surface area contributed by atoms with E-state index in [2.05, 4.69) is 28.4 Å². The van der Waals surface area contributed by atoms with Crippen LogP contribution < -0.4 is 16.0 Å². The monoisotopic (exact) mass is 432 g/mol. The molecule has 32 heavy (non-hydrogen) atoms. The normalized spacial score (nSPS) is 20.3. The number of nitrogens with two attached hydrogens (primary N) is 1. The highest BCUT2D eigenvalue weighted by molar-refractivity contribution is 6.06. The van der Waals surface area contributed by atoms with E-state index in [1.54, 1.807) is 4.90 Å². The van der Waals surface area contributed by atoms with Gasteiger partial charge in [-0.05, 0) is 54.5 Å². The van der Waals surface area contributed by atoms with Gasteiger partial charge in [-0.25, -0.2) is 0 Å². The number of aryl methyl sites for hydroxylation is 1. The van der Waals surface area contributed by atoms with Crippen molar-refractivity contribution >= 4 is 23.4 Å². The summed E-state index contributed by atoms with van der Waals surface area (Å²) in [4.78, 5) is 41.3. The maximum Gasteiger partial charge on any atom is 0.255 e. The first-order valence-corrected chi connectivity index (χ1v) is 11.4. The number of hydrogen-bond acceptors (Lipinski definition) is 5. The fourth-order valence-electron chi connectivity index (χ4n) is 5.37. The number of benzene rings is 2. The Morgan fingerprint density at radius 1 is 1.00 bits per heavy atom. The minimum atomic E-state index is -0.590. The van der Waals surface area contributed by atoms with Gasteiger partial charge in [-0.3, -0.25) is 19.7 Å². The molecule has 2 aromatic carbocycles.